The maximum absolute atomic E-state index is 3.58. The molecule has 3 heteroatoms. The van der Waals surface area contributed by atoms with Gasteiger partial charge in [-0.1, -0.05) is 64.5 Å². The Balaban J connectivity index is 4.08. The number of hydrogen-bond donors (Lipinski definition) is 0. The van der Waals surface area contributed by atoms with Crippen LogP contribution in [0.4, 0.5) is 0 Å². The molecule has 0 aliphatic heterocycles. The van der Waals surface area contributed by atoms with Crippen LogP contribution in [0.1, 0.15) is 6.92 Å². The molecule has 0 amide bonds. The summed E-state index contributed by atoms with van der Waals surface area (Å²) in [6, 6.07) is 1.39. The van der Waals surface area contributed by atoms with Crippen molar-refractivity contribution in [3.8, 4) is 0 Å². The fourth-order valence-electron chi connectivity index (χ4n) is 1.41. The molecule has 0 nitrogen and oxygen atoms in total. The van der Waals surface area contributed by atoms with Crippen molar-refractivity contribution in [2.24, 2.45) is 5.41 Å². The molecule has 0 atom stereocenters. The lowest BCUT2D eigenvalue weighted by atomic mass is 10.0. The number of hydrogen-bond acceptors (Lipinski definition) is 0. The molecule has 0 rings (SSSR count). The van der Waals surface area contributed by atoms with Gasteiger partial charge in [-0.2, -0.15) is 0 Å². The van der Waals surface area contributed by atoms with Gasteiger partial charge in [-0.15, -0.1) is 0 Å². The van der Waals surface area contributed by atoms with Crippen molar-refractivity contribution in [1.82, 2.24) is 0 Å². The van der Waals surface area contributed by atoms with Crippen LogP contribution < -0.4 is 0 Å². The maximum Gasteiger partial charge on any atom is 0.0448 e. The van der Waals surface area contributed by atoms with Gasteiger partial charge >= 0.3 is 0 Å². The Labute approximate surface area is 88.4 Å². The zero-order valence-electron chi connectivity index (χ0n) is 7.88. The van der Waals surface area contributed by atoms with Crippen LogP contribution in [0.15, 0.2) is 0 Å². The average molecular weight is 302 g/mol. The predicted octanol–water partition coefficient (Wildman–Crippen LogP) is 4.12. The highest BCUT2D eigenvalue weighted by Gasteiger charge is 2.28. The molecule has 11 heavy (non-hydrogen) atoms. The first-order chi connectivity index (χ1) is 4.83. The van der Waals surface area contributed by atoms with Crippen molar-refractivity contribution in [2.75, 3.05) is 10.7 Å². The topological polar surface area (TPSA) is 0 Å². The van der Waals surface area contributed by atoms with Gasteiger partial charge in [0.25, 0.3) is 0 Å². The molecule has 0 fully saturated rings. The highest BCUT2D eigenvalue weighted by atomic mass is 79.9. The Hall–Kier alpha value is 1.18. The second-order valence-electron chi connectivity index (χ2n) is 4.82. The van der Waals surface area contributed by atoms with E-state index in [9.17, 15) is 0 Å². The fraction of sp³-hybridized carbons (Fsp3) is 1.00. The minimum Gasteiger partial charge on any atom is -0.0922 e. The van der Waals surface area contributed by atoms with E-state index in [0.717, 1.165) is 10.7 Å². The largest absolute Gasteiger partial charge is 0.0922 e. The Bertz CT molecular complexity index is 114. The summed E-state index contributed by atoms with van der Waals surface area (Å²) >= 11 is 7.15. The lowest BCUT2D eigenvalue weighted by molar-refractivity contribution is 0.491. The first-order valence-corrected chi connectivity index (χ1v) is 9.90. The third-order valence-corrected chi connectivity index (χ3v) is 6.22. The molecule has 0 unspecified atom stereocenters. The molecule has 0 saturated carbocycles. The van der Waals surface area contributed by atoms with Crippen molar-refractivity contribution < 1.29 is 0 Å². The summed E-state index contributed by atoms with van der Waals surface area (Å²) in [5, 5.41) is 2.21. The molecule has 0 aromatic heterocycles. The zero-order chi connectivity index (χ0) is 9.12. The standard InChI is InChI=1S/C8H18Br2Si/c1-8(5-9,6-10)7-11(2,3)4/h5-7H2,1-4H3. The molecule has 0 spiro atoms. The minimum absolute atomic E-state index is 0.463. The van der Waals surface area contributed by atoms with Crippen molar-refractivity contribution in [3.05, 3.63) is 0 Å². The molecule has 0 aromatic carbocycles. The molecule has 68 valence electrons. The van der Waals surface area contributed by atoms with E-state index in [1.807, 2.05) is 0 Å². The molecule has 0 radical (unpaired) electrons. The van der Waals surface area contributed by atoms with Gasteiger partial charge in [0.1, 0.15) is 0 Å². The van der Waals surface area contributed by atoms with Crippen LogP contribution in [0.2, 0.25) is 25.7 Å². The maximum atomic E-state index is 3.58. The van der Waals surface area contributed by atoms with E-state index in [1.54, 1.807) is 0 Å². The van der Waals surface area contributed by atoms with Crippen molar-refractivity contribution in [2.45, 2.75) is 32.6 Å². The van der Waals surface area contributed by atoms with E-state index < -0.39 is 8.07 Å². The van der Waals surface area contributed by atoms with Crippen molar-refractivity contribution >= 4 is 39.9 Å². The van der Waals surface area contributed by atoms with Crippen LogP contribution in [0.3, 0.4) is 0 Å². The lowest BCUT2D eigenvalue weighted by Crippen LogP contribution is -2.32. The van der Waals surface area contributed by atoms with Crippen LogP contribution in [-0.2, 0) is 0 Å². The third kappa shape index (κ3) is 5.42. The molecule has 0 aliphatic carbocycles. The fourth-order valence-corrected chi connectivity index (χ4v) is 6.28. The van der Waals surface area contributed by atoms with Gasteiger partial charge in [0.05, 0.1) is 0 Å². The second-order valence-corrected chi connectivity index (χ2v) is 11.4. The summed E-state index contributed by atoms with van der Waals surface area (Å²) < 4.78 is 0. The number of halogens is 2. The van der Waals surface area contributed by atoms with E-state index in [4.69, 9.17) is 0 Å². The highest BCUT2D eigenvalue weighted by Crippen LogP contribution is 2.32. The molecular formula is C8H18Br2Si. The number of alkyl halides is 2. The summed E-state index contributed by atoms with van der Waals surface area (Å²) in [4.78, 5) is 0. The Kier molecular flexibility index (Phi) is 4.90. The molecular weight excluding hydrogens is 284 g/mol. The van der Waals surface area contributed by atoms with E-state index in [1.165, 1.54) is 6.04 Å². The zero-order valence-corrected chi connectivity index (χ0v) is 12.0. The van der Waals surface area contributed by atoms with E-state index in [0.29, 0.717) is 5.41 Å². The van der Waals surface area contributed by atoms with Crippen molar-refractivity contribution in [3.63, 3.8) is 0 Å². The van der Waals surface area contributed by atoms with Gasteiger partial charge in [-0.3, -0.25) is 0 Å². The third-order valence-electron chi connectivity index (χ3n) is 1.60. The van der Waals surface area contributed by atoms with Crippen LogP contribution in [0.5, 0.6) is 0 Å². The first-order valence-electron chi connectivity index (χ1n) is 3.95. The lowest BCUT2D eigenvalue weighted by Gasteiger charge is -2.31. The molecule has 0 aromatic rings. The summed E-state index contributed by atoms with van der Waals surface area (Å²) in [7, 11) is -0.895. The second kappa shape index (κ2) is 4.42. The monoisotopic (exact) mass is 300 g/mol. The van der Waals surface area contributed by atoms with Gasteiger partial charge in [0.2, 0.25) is 0 Å². The average Bonchev–Trinajstić information content (AvgIpc) is 1.84. The van der Waals surface area contributed by atoms with Gasteiger partial charge in [-0.05, 0) is 5.41 Å². The Morgan fingerprint density at radius 2 is 1.45 bits per heavy atom. The quantitative estimate of drug-likeness (QED) is 0.541. The molecule has 0 bridgehead atoms. The van der Waals surface area contributed by atoms with Crippen LogP contribution >= 0.6 is 31.9 Å². The van der Waals surface area contributed by atoms with Crippen molar-refractivity contribution in [1.29, 1.82) is 0 Å². The normalized spacial score (nSPS) is 13.6. The molecule has 0 aliphatic rings. The minimum atomic E-state index is -0.895. The predicted molar refractivity (Wildman–Crippen MR) is 63.8 cm³/mol. The summed E-state index contributed by atoms with van der Waals surface area (Å²) in [6.07, 6.45) is 0. The van der Waals surface area contributed by atoms with Gasteiger partial charge in [0.15, 0.2) is 0 Å². The number of rotatable bonds is 4. The van der Waals surface area contributed by atoms with Gasteiger partial charge in [0, 0.05) is 18.7 Å². The highest BCUT2D eigenvalue weighted by molar-refractivity contribution is 9.09. The van der Waals surface area contributed by atoms with Gasteiger partial charge in [-0.25, -0.2) is 0 Å². The Morgan fingerprint density at radius 1 is 1.09 bits per heavy atom. The molecule has 0 saturated heterocycles. The molecule has 0 heterocycles. The summed E-state index contributed by atoms with van der Waals surface area (Å²) in [6.45, 7) is 9.62. The SMILES string of the molecule is CC(CBr)(CBr)C[Si](C)(C)C. The summed E-state index contributed by atoms with van der Waals surface area (Å²) in [5.74, 6) is 0. The molecule has 0 N–H and O–H groups in total. The van der Waals surface area contributed by atoms with Crippen LogP contribution in [-0.4, -0.2) is 18.7 Å². The van der Waals surface area contributed by atoms with E-state index >= 15 is 0 Å². The van der Waals surface area contributed by atoms with Crippen LogP contribution in [0, 0.1) is 5.41 Å². The summed E-state index contributed by atoms with van der Waals surface area (Å²) in [5.41, 5.74) is 0.463. The Morgan fingerprint density at radius 3 is 1.55 bits per heavy atom. The smallest absolute Gasteiger partial charge is 0.0448 e. The first kappa shape index (κ1) is 12.2. The van der Waals surface area contributed by atoms with Crippen LogP contribution in [0.25, 0.3) is 0 Å². The van der Waals surface area contributed by atoms with E-state index in [-0.39, 0.29) is 0 Å². The van der Waals surface area contributed by atoms with E-state index in [2.05, 4.69) is 58.4 Å². The van der Waals surface area contributed by atoms with Gasteiger partial charge < -0.3 is 0 Å².